The van der Waals surface area contributed by atoms with Gasteiger partial charge in [-0.25, -0.2) is 4.39 Å². The van der Waals surface area contributed by atoms with Gasteiger partial charge in [0.2, 0.25) is 0 Å². The van der Waals surface area contributed by atoms with Crippen molar-refractivity contribution >= 4 is 18.2 Å². The first-order chi connectivity index (χ1) is 20.1. The van der Waals surface area contributed by atoms with Crippen molar-refractivity contribution in [3.05, 3.63) is 137 Å². The number of Topliss-reactive ketones (excluding diaryl/α,β-unsaturated/α-hetero) is 1. The van der Waals surface area contributed by atoms with Crippen LogP contribution in [-0.2, 0) is 6.42 Å². The maximum absolute atomic E-state index is 13.2. The van der Waals surface area contributed by atoms with Crippen LogP contribution in [0.1, 0.15) is 39.5 Å². The van der Waals surface area contributed by atoms with Crippen molar-refractivity contribution in [1.29, 1.82) is 0 Å². The molecule has 0 amide bonds. The average molecular weight is 589 g/mol. The Hall–Kier alpha value is -3.55. The molecule has 0 bridgehead atoms. The van der Waals surface area contributed by atoms with Gasteiger partial charge in [-0.1, -0.05) is 84.9 Å². The highest BCUT2D eigenvalue weighted by Crippen LogP contribution is 2.29. The van der Waals surface area contributed by atoms with E-state index in [9.17, 15) is 14.3 Å². The molecule has 220 valence electrons. The highest BCUT2D eigenvalue weighted by atomic mass is 35.5. The van der Waals surface area contributed by atoms with E-state index in [4.69, 9.17) is 4.74 Å². The number of aryl methyl sites for hydroxylation is 1. The lowest BCUT2D eigenvalue weighted by molar-refractivity contribution is 0.0398. The van der Waals surface area contributed by atoms with Crippen LogP contribution >= 0.6 is 12.4 Å². The average Bonchev–Trinajstić information content (AvgIpc) is 3.02. The third kappa shape index (κ3) is 8.49. The highest BCUT2D eigenvalue weighted by Gasteiger charge is 2.27. The number of β-amino-alcohol motifs (C(OH)–C–C–N with tert-alkyl or cyclic N) is 1. The number of rotatable bonds is 12. The van der Waals surface area contributed by atoms with Crippen LogP contribution in [0, 0.1) is 5.82 Å². The van der Waals surface area contributed by atoms with E-state index in [0.29, 0.717) is 30.7 Å². The molecule has 42 heavy (non-hydrogen) atoms. The largest absolute Gasteiger partial charge is 0.490 e. The second-order valence-corrected chi connectivity index (χ2v) is 10.6. The molecular weight excluding hydrogens is 551 g/mol. The Morgan fingerprint density at radius 3 is 1.98 bits per heavy atom. The van der Waals surface area contributed by atoms with Crippen molar-refractivity contribution in [1.82, 2.24) is 9.80 Å². The Balaban J connectivity index is 0.00000405. The molecule has 1 aliphatic heterocycles. The number of carbonyl (C=O) groups is 1. The lowest BCUT2D eigenvalue weighted by Gasteiger charge is -2.40. The zero-order valence-electron chi connectivity index (χ0n) is 23.6. The fourth-order valence-corrected chi connectivity index (χ4v) is 5.49. The van der Waals surface area contributed by atoms with E-state index in [1.807, 2.05) is 12.1 Å². The number of halogens is 2. The van der Waals surface area contributed by atoms with Crippen LogP contribution in [0.2, 0.25) is 0 Å². The topological polar surface area (TPSA) is 53.0 Å². The van der Waals surface area contributed by atoms with Crippen LogP contribution in [0.15, 0.2) is 109 Å². The van der Waals surface area contributed by atoms with Crippen LogP contribution in [0.4, 0.5) is 4.39 Å². The molecule has 4 aromatic carbocycles. The van der Waals surface area contributed by atoms with Gasteiger partial charge in [-0.3, -0.25) is 14.6 Å². The minimum Gasteiger partial charge on any atom is -0.490 e. The monoisotopic (exact) mass is 588 g/mol. The molecule has 1 heterocycles. The fraction of sp³-hybridized carbons (Fsp3) is 0.286. The van der Waals surface area contributed by atoms with E-state index in [2.05, 4.69) is 70.5 Å². The molecule has 1 unspecified atom stereocenters. The second-order valence-electron chi connectivity index (χ2n) is 10.6. The molecule has 1 atom stereocenters. The van der Waals surface area contributed by atoms with Crippen molar-refractivity contribution in [2.24, 2.45) is 0 Å². The Bertz CT molecular complexity index is 1340. The van der Waals surface area contributed by atoms with Gasteiger partial charge in [0.05, 0.1) is 11.6 Å². The van der Waals surface area contributed by atoms with Crippen molar-refractivity contribution in [3.63, 3.8) is 0 Å². The van der Waals surface area contributed by atoms with E-state index < -0.39 is 6.10 Å². The van der Waals surface area contributed by atoms with Gasteiger partial charge in [-0.2, -0.15) is 0 Å². The molecule has 0 spiro atoms. The van der Waals surface area contributed by atoms with Gasteiger partial charge in [0.15, 0.2) is 5.78 Å². The van der Waals surface area contributed by atoms with E-state index in [0.717, 1.165) is 31.7 Å². The molecule has 0 aromatic heterocycles. The maximum atomic E-state index is 13.2. The summed E-state index contributed by atoms with van der Waals surface area (Å²) in [6, 6.07) is 34.8. The minimum absolute atomic E-state index is 0. The molecule has 1 aliphatic rings. The first-order valence-electron chi connectivity index (χ1n) is 14.3. The van der Waals surface area contributed by atoms with Crippen LogP contribution in [-0.4, -0.2) is 66.1 Å². The van der Waals surface area contributed by atoms with E-state index in [1.54, 1.807) is 24.3 Å². The van der Waals surface area contributed by atoms with Crippen molar-refractivity contribution in [2.75, 3.05) is 39.3 Å². The van der Waals surface area contributed by atoms with Crippen molar-refractivity contribution in [2.45, 2.75) is 25.0 Å². The summed E-state index contributed by atoms with van der Waals surface area (Å²) < 4.78 is 19.1. The number of hydrogen-bond acceptors (Lipinski definition) is 5. The minimum atomic E-state index is -0.678. The third-order valence-electron chi connectivity index (χ3n) is 7.64. The zero-order chi connectivity index (χ0) is 28.4. The molecule has 0 aliphatic carbocycles. The number of ketones is 1. The van der Waals surface area contributed by atoms with Gasteiger partial charge in [0, 0.05) is 39.1 Å². The summed E-state index contributed by atoms with van der Waals surface area (Å²) in [5.74, 6) is 0.152. The smallest absolute Gasteiger partial charge is 0.166 e. The number of hydrogen-bond donors (Lipinski definition) is 1. The van der Waals surface area contributed by atoms with Crippen LogP contribution in [0.3, 0.4) is 0 Å². The number of carbonyl (C=O) groups excluding carboxylic acids is 1. The number of aliphatic hydroxyl groups is 1. The predicted molar refractivity (Wildman–Crippen MR) is 167 cm³/mol. The molecule has 5 rings (SSSR count). The van der Waals surface area contributed by atoms with Gasteiger partial charge in [-0.15, -0.1) is 12.4 Å². The number of benzene rings is 4. The number of para-hydroxylation sites is 1. The third-order valence-corrected chi connectivity index (χ3v) is 7.64. The number of piperazine rings is 1. The number of ether oxygens (including phenoxy) is 1. The lowest BCUT2D eigenvalue weighted by atomic mass is 9.96. The highest BCUT2D eigenvalue weighted by molar-refractivity contribution is 5.98. The van der Waals surface area contributed by atoms with Crippen molar-refractivity contribution < 1.29 is 19.0 Å². The van der Waals surface area contributed by atoms with Gasteiger partial charge in [0.25, 0.3) is 0 Å². The van der Waals surface area contributed by atoms with Crippen LogP contribution < -0.4 is 4.74 Å². The summed E-state index contributed by atoms with van der Waals surface area (Å²) >= 11 is 0. The van der Waals surface area contributed by atoms with Gasteiger partial charge in [-0.05, 0) is 47.4 Å². The summed E-state index contributed by atoms with van der Waals surface area (Å²) in [4.78, 5) is 17.7. The van der Waals surface area contributed by atoms with E-state index in [-0.39, 0.29) is 36.7 Å². The Morgan fingerprint density at radius 2 is 1.36 bits per heavy atom. The van der Waals surface area contributed by atoms with Crippen LogP contribution in [0.5, 0.6) is 5.75 Å². The number of nitrogens with zero attached hydrogens (tertiary/aromatic N) is 2. The predicted octanol–water partition coefficient (Wildman–Crippen LogP) is 6.21. The Morgan fingerprint density at radius 1 is 0.786 bits per heavy atom. The second kappa shape index (κ2) is 15.6. The molecule has 1 fully saturated rings. The lowest BCUT2D eigenvalue weighted by Crippen LogP contribution is -2.50. The van der Waals surface area contributed by atoms with Crippen LogP contribution in [0.25, 0.3) is 0 Å². The van der Waals surface area contributed by atoms with Gasteiger partial charge < -0.3 is 9.84 Å². The summed E-state index contributed by atoms with van der Waals surface area (Å²) in [6.07, 6.45) is 0.145. The first-order valence-corrected chi connectivity index (χ1v) is 14.3. The molecule has 0 saturated carbocycles. The normalized spacial score (nSPS) is 14.7. The molecule has 1 saturated heterocycles. The van der Waals surface area contributed by atoms with E-state index in [1.165, 1.54) is 23.3 Å². The Labute approximate surface area is 254 Å². The first kappa shape index (κ1) is 31.4. The summed E-state index contributed by atoms with van der Waals surface area (Å²) in [5, 5.41) is 10.8. The quantitative estimate of drug-likeness (QED) is 0.199. The molecular formula is C35H38ClFN2O3. The summed E-state index contributed by atoms with van der Waals surface area (Å²) in [7, 11) is 0. The Kier molecular flexibility index (Phi) is 11.7. The summed E-state index contributed by atoms with van der Waals surface area (Å²) in [6.45, 7) is 4.12. The summed E-state index contributed by atoms with van der Waals surface area (Å²) in [5.41, 5.74) is 3.98. The zero-order valence-corrected chi connectivity index (χ0v) is 24.5. The SMILES string of the molecule is Cl.O=C(CCc1ccc(F)cc1)c1ccccc1OCC(O)CN1CCN(C(c2ccccc2)c2ccccc2)CC1. The van der Waals surface area contributed by atoms with Gasteiger partial charge in [0.1, 0.15) is 24.3 Å². The molecule has 5 nitrogen and oxygen atoms in total. The van der Waals surface area contributed by atoms with Gasteiger partial charge >= 0.3 is 0 Å². The standard InChI is InChI=1S/C35H37FN2O3.ClH/c36-30-18-15-27(16-19-30)17-20-33(40)32-13-7-8-14-34(32)41-26-31(39)25-37-21-23-38(24-22-37)35(28-9-3-1-4-10-28)29-11-5-2-6-12-29;/h1-16,18-19,31,35,39H,17,20-26H2;1H. The molecule has 7 heteroatoms. The number of aliphatic hydroxyl groups excluding tert-OH is 1. The van der Waals surface area contributed by atoms with Crippen molar-refractivity contribution in [3.8, 4) is 5.75 Å². The molecule has 1 N–H and O–H groups in total. The fourth-order valence-electron chi connectivity index (χ4n) is 5.49. The van der Waals surface area contributed by atoms with E-state index >= 15 is 0 Å². The maximum Gasteiger partial charge on any atom is 0.166 e. The molecule has 0 radical (unpaired) electrons. The molecule has 4 aromatic rings.